The number of amides is 1. The molecule has 0 aliphatic heterocycles. The molecule has 5 heteroatoms. The Bertz CT molecular complexity index is 381. The van der Waals surface area contributed by atoms with Gasteiger partial charge in [0.25, 0.3) is 0 Å². The number of nitrogens with two attached hydrogens (primary N) is 1. The van der Waals surface area contributed by atoms with Crippen LogP contribution in [-0.4, -0.2) is 19.0 Å². The molecule has 0 atom stereocenters. The van der Waals surface area contributed by atoms with Crippen LogP contribution < -0.4 is 5.73 Å². The van der Waals surface area contributed by atoms with Gasteiger partial charge in [-0.15, -0.1) is 11.3 Å². The third-order valence-corrected chi connectivity index (χ3v) is 2.37. The molecule has 14 heavy (non-hydrogen) atoms. The number of hydrogen-bond donors (Lipinski definition) is 1. The zero-order valence-electron chi connectivity index (χ0n) is 7.52. The Morgan fingerprint density at radius 1 is 1.57 bits per heavy atom. The summed E-state index contributed by atoms with van der Waals surface area (Å²) in [6, 6.07) is 1.63. The number of primary amides is 1. The first-order valence-corrected chi connectivity index (χ1v) is 4.66. The second-order valence-electron chi connectivity index (χ2n) is 2.47. The molecular formula is C9H9NO3S. The molecule has 0 saturated carbocycles. The molecule has 0 spiro atoms. The second kappa shape index (κ2) is 4.57. The van der Waals surface area contributed by atoms with Crippen molar-refractivity contribution in [1.82, 2.24) is 0 Å². The van der Waals surface area contributed by atoms with Gasteiger partial charge in [0, 0.05) is 6.08 Å². The fraction of sp³-hybridized carbons (Fsp3) is 0.111. The van der Waals surface area contributed by atoms with Crippen molar-refractivity contribution >= 4 is 29.3 Å². The third kappa shape index (κ3) is 2.70. The van der Waals surface area contributed by atoms with Gasteiger partial charge in [0.15, 0.2) is 0 Å². The van der Waals surface area contributed by atoms with Gasteiger partial charge in [-0.25, -0.2) is 4.79 Å². The van der Waals surface area contributed by atoms with Gasteiger partial charge in [-0.05, 0) is 23.1 Å². The zero-order chi connectivity index (χ0) is 10.6. The number of methoxy groups -OCH3 is 1. The molecule has 0 saturated heterocycles. The van der Waals surface area contributed by atoms with E-state index in [1.807, 2.05) is 0 Å². The van der Waals surface area contributed by atoms with Crippen LogP contribution in [0.5, 0.6) is 0 Å². The van der Waals surface area contributed by atoms with E-state index < -0.39 is 5.91 Å². The largest absolute Gasteiger partial charge is 0.465 e. The van der Waals surface area contributed by atoms with Gasteiger partial charge in [-0.1, -0.05) is 0 Å². The molecule has 1 aromatic rings. The van der Waals surface area contributed by atoms with Crippen molar-refractivity contribution in [3.63, 3.8) is 0 Å². The maximum absolute atomic E-state index is 11.0. The molecule has 1 rings (SSSR count). The van der Waals surface area contributed by atoms with Gasteiger partial charge in [0.2, 0.25) is 5.91 Å². The number of thiophene rings is 1. The Kier molecular flexibility index (Phi) is 3.41. The van der Waals surface area contributed by atoms with Crippen LogP contribution in [0.4, 0.5) is 0 Å². The van der Waals surface area contributed by atoms with Crippen molar-refractivity contribution in [3.8, 4) is 0 Å². The first-order valence-electron chi connectivity index (χ1n) is 3.78. The zero-order valence-corrected chi connectivity index (χ0v) is 8.34. The molecule has 74 valence electrons. The van der Waals surface area contributed by atoms with Crippen LogP contribution in [0.15, 0.2) is 17.5 Å². The van der Waals surface area contributed by atoms with Crippen LogP contribution in [0.25, 0.3) is 6.08 Å². The predicted molar refractivity (Wildman–Crippen MR) is 53.9 cm³/mol. The first kappa shape index (κ1) is 10.5. The van der Waals surface area contributed by atoms with Gasteiger partial charge in [-0.2, -0.15) is 0 Å². The minimum Gasteiger partial charge on any atom is -0.465 e. The first-order chi connectivity index (χ1) is 6.63. The van der Waals surface area contributed by atoms with Crippen LogP contribution in [0, 0.1) is 0 Å². The quantitative estimate of drug-likeness (QED) is 0.599. The molecule has 2 N–H and O–H groups in total. The van der Waals surface area contributed by atoms with Gasteiger partial charge >= 0.3 is 5.97 Å². The van der Waals surface area contributed by atoms with E-state index in [-0.39, 0.29) is 5.97 Å². The standard InChI is InChI=1S/C9H9NO3S/c1-13-9(12)7-4-6(5-14-7)2-3-8(10)11/h2-5H,1H3,(H2,10,11). The molecule has 0 aliphatic rings. The molecule has 0 bridgehead atoms. The summed E-state index contributed by atoms with van der Waals surface area (Å²) in [5, 5.41) is 1.74. The minimum absolute atomic E-state index is 0.381. The van der Waals surface area contributed by atoms with E-state index >= 15 is 0 Å². The van der Waals surface area contributed by atoms with Crippen LogP contribution in [-0.2, 0) is 9.53 Å². The number of hydrogen-bond acceptors (Lipinski definition) is 4. The van der Waals surface area contributed by atoms with Gasteiger partial charge < -0.3 is 10.5 Å². The molecule has 0 unspecified atom stereocenters. The van der Waals surface area contributed by atoms with Crippen LogP contribution in [0.3, 0.4) is 0 Å². The lowest BCUT2D eigenvalue weighted by Gasteiger charge is -1.90. The molecule has 0 aromatic carbocycles. The Morgan fingerprint density at radius 2 is 2.29 bits per heavy atom. The highest BCUT2D eigenvalue weighted by Gasteiger charge is 2.07. The Labute approximate surface area is 85.0 Å². The molecule has 1 heterocycles. The summed E-state index contributed by atoms with van der Waals surface area (Å²) in [6.45, 7) is 0. The average molecular weight is 211 g/mol. The second-order valence-corrected chi connectivity index (χ2v) is 3.38. The van der Waals surface area contributed by atoms with Crippen molar-refractivity contribution in [2.45, 2.75) is 0 Å². The highest BCUT2D eigenvalue weighted by atomic mass is 32.1. The molecular weight excluding hydrogens is 202 g/mol. The van der Waals surface area contributed by atoms with Crippen LogP contribution in [0.2, 0.25) is 0 Å². The maximum atomic E-state index is 11.0. The van der Waals surface area contributed by atoms with Gasteiger partial charge in [0.05, 0.1) is 7.11 Å². The van der Waals surface area contributed by atoms with E-state index in [0.717, 1.165) is 5.56 Å². The summed E-state index contributed by atoms with van der Waals surface area (Å²) in [4.78, 5) is 22.0. The number of carbonyl (C=O) groups excluding carboxylic acids is 2. The fourth-order valence-electron chi connectivity index (χ4n) is 0.824. The van der Waals surface area contributed by atoms with Crippen molar-refractivity contribution in [1.29, 1.82) is 0 Å². The van der Waals surface area contributed by atoms with Gasteiger partial charge in [0.1, 0.15) is 4.88 Å². The lowest BCUT2D eigenvalue weighted by atomic mass is 10.3. The number of esters is 1. The number of ether oxygens (including phenoxy) is 1. The monoisotopic (exact) mass is 211 g/mol. The van der Waals surface area contributed by atoms with E-state index in [0.29, 0.717) is 4.88 Å². The molecule has 1 aromatic heterocycles. The Morgan fingerprint density at radius 3 is 2.86 bits per heavy atom. The molecule has 0 radical (unpaired) electrons. The number of carbonyl (C=O) groups is 2. The van der Waals surface area contributed by atoms with Crippen molar-refractivity contribution in [3.05, 3.63) is 28.0 Å². The molecule has 1 amide bonds. The third-order valence-electron chi connectivity index (χ3n) is 1.45. The smallest absolute Gasteiger partial charge is 0.348 e. The Hall–Kier alpha value is -1.62. The van der Waals surface area contributed by atoms with Crippen LogP contribution >= 0.6 is 11.3 Å². The van der Waals surface area contributed by atoms with E-state index in [2.05, 4.69) is 4.74 Å². The van der Waals surface area contributed by atoms with E-state index in [4.69, 9.17) is 5.73 Å². The SMILES string of the molecule is COC(=O)c1cc(C=CC(N)=O)cs1. The van der Waals surface area contributed by atoms with Crippen molar-refractivity contribution < 1.29 is 14.3 Å². The molecule has 4 nitrogen and oxygen atoms in total. The normalized spacial score (nSPS) is 10.4. The highest BCUT2D eigenvalue weighted by Crippen LogP contribution is 2.16. The van der Waals surface area contributed by atoms with E-state index in [1.165, 1.54) is 24.5 Å². The topological polar surface area (TPSA) is 69.4 Å². The van der Waals surface area contributed by atoms with Crippen molar-refractivity contribution in [2.24, 2.45) is 5.73 Å². The summed E-state index contributed by atoms with van der Waals surface area (Å²) in [5.41, 5.74) is 5.68. The summed E-state index contributed by atoms with van der Waals surface area (Å²) in [7, 11) is 1.32. The summed E-state index contributed by atoms with van der Waals surface area (Å²) < 4.78 is 4.53. The number of rotatable bonds is 3. The fourth-order valence-corrected chi connectivity index (χ4v) is 1.62. The van der Waals surface area contributed by atoms with Crippen LogP contribution in [0.1, 0.15) is 15.2 Å². The molecule has 0 aliphatic carbocycles. The predicted octanol–water partition coefficient (Wildman–Crippen LogP) is 1.03. The Balaban J connectivity index is 2.78. The maximum Gasteiger partial charge on any atom is 0.348 e. The average Bonchev–Trinajstić information content (AvgIpc) is 2.62. The minimum atomic E-state index is -0.518. The van der Waals surface area contributed by atoms with E-state index in [1.54, 1.807) is 17.5 Å². The van der Waals surface area contributed by atoms with Gasteiger partial charge in [-0.3, -0.25) is 4.79 Å². The van der Waals surface area contributed by atoms with Crippen molar-refractivity contribution in [2.75, 3.05) is 7.11 Å². The molecule has 0 fully saturated rings. The lowest BCUT2D eigenvalue weighted by molar-refractivity contribution is -0.113. The lowest BCUT2D eigenvalue weighted by Crippen LogP contribution is -2.04. The summed E-state index contributed by atoms with van der Waals surface area (Å²) in [6.07, 6.45) is 2.79. The summed E-state index contributed by atoms with van der Waals surface area (Å²) >= 11 is 1.26. The van der Waals surface area contributed by atoms with E-state index in [9.17, 15) is 9.59 Å². The highest BCUT2D eigenvalue weighted by molar-refractivity contribution is 7.12. The summed E-state index contributed by atoms with van der Waals surface area (Å²) in [5.74, 6) is -0.899.